The number of aromatic nitrogens is 1. The highest BCUT2D eigenvalue weighted by Gasteiger charge is 2.23. The van der Waals surface area contributed by atoms with Crippen molar-refractivity contribution < 1.29 is 14.3 Å². The Labute approximate surface area is 177 Å². The van der Waals surface area contributed by atoms with Crippen molar-refractivity contribution in [2.75, 3.05) is 25.5 Å². The minimum atomic E-state index is -0.0325. The van der Waals surface area contributed by atoms with Gasteiger partial charge in [-0.15, -0.1) is 0 Å². The van der Waals surface area contributed by atoms with Crippen molar-refractivity contribution in [1.29, 1.82) is 0 Å². The molecule has 1 fully saturated rings. The lowest BCUT2D eigenvalue weighted by Gasteiger charge is -2.35. The van der Waals surface area contributed by atoms with Crippen LogP contribution in [0.1, 0.15) is 25.0 Å². The van der Waals surface area contributed by atoms with E-state index < -0.39 is 0 Å². The predicted octanol–water partition coefficient (Wildman–Crippen LogP) is 3.97. The first-order chi connectivity index (χ1) is 14.5. The molecule has 2 N–H and O–H groups in total. The van der Waals surface area contributed by atoms with Gasteiger partial charge in [-0.25, -0.2) is 0 Å². The van der Waals surface area contributed by atoms with E-state index >= 15 is 0 Å². The molecule has 2 atom stereocenters. The maximum atomic E-state index is 12.8. The SMILES string of the molecule is COc1ccc2[nH]cc(CC(=O)Nc3ccccc3CN3CC(C)OC(C)C3)c2c1. The van der Waals surface area contributed by atoms with E-state index in [1.54, 1.807) is 7.11 Å². The second-order valence-electron chi connectivity index (χ2n) is 8.06. The minimum Gasteiger partial charge on any atom is -0.497 e. The van der Waals surface area contributed by atoms with Crippen molar-refractivity contribution in [3.05, 3.63) is 59.8 Å². The van der Waals surface area contributed by atoms with Crippen LogP contribution in [-0.2, 0) is 22.5 Å². The zero-order chi connectivity index (χ0) is 21.1. The maximum Gasteiger partial charge on any atom is 0.228 e. The summed E-state index contributed by atoms with van der Waals surface area (Å²) in [7, 11) is 1.65. The lowest BCUT2D eigenvalue weighted by atomic mass is 10.1. The van der Waals surface area contributed by atoms with Crippen LogP contribution in [0.2, 0.25) is 0 Å². The second-order valence-corrected chi connectivity index (χ2v) is 8.06. The number of aromatic amines is 1. The predicted molar refractivity (Wildman–Crippen MR) is 119 cm³/mol. The number of H-pyrrole nitrogens is 1. The Bertz CT molecular complexity index is 1020. The number of benzene rings is 2. The fourth-order valence-electron chi connectivity index (χ4n) is 4.23. The number of anilines is 1. The highest BCUT2D eigenvalue weighted by atomic mass is 16.5. The number of methoxy groups -OCH3 is 1. The summed E-state index contributed by atoms with van der Waals surface area (Å²) in [4.78, 5) is 18.4. The van der Waals surface area contributed by atoms with Crippen LogP contribution in [-0.4, -0.2) is 48.2 Å². The lowest BCUT2D eigenvalue weighted by molar-refractivity contribution is -0.115. The van der Waals surface area contributed by atoms with Gasteiger partial charge in [-0.1, -0.05) is 18.2 Å². The number of amides is 1. The molecule has 6 heteroatoms. The van der Waals surface area contributed by atoms with E-state index in [4.69, 9.17) is 9.47 Å². The Balaban J connectivity index is 1.46. The fraction of sp³-hybridized carbons (Fsp3) is 0.375. The molecular formula is C24H29N3O3. The summed E-state index contributed by atoms with van der Waals surface area (Å²) in [6.45, 7) is 6.78. The van der Waals surface area contributed by atoms with E-state index in [0.717, 1.165) is 53.1 Å². The van der Waals surface area contributed by atoms with Gasteiger partial charge in [0.15, 0.2) is 0 Å². The number of morpholine rings is 1. The molecule has 2 unspecified atom stereocenters. The smallest absolute Gasteiger partial charge is 0.228 e. The van der Waals surface area contributed by atoms with Gasteiger partial charge in [-0.3, -0.25) is 9.69 Å². The summed E-state index contributed by atoms with van der Waals surface area (Å²) in [5.74, 6) is 0.748. The zero-order valence-corrected chi connectivity index (χ0v) is 17.8. The Morgan fingerprint density at radius 1 is 1.17 bits per heavy atom. The molecule has 158 valence electrons. The second kappa shape index (κ2) is 8.90. The molecule has 0 saturated carbocycles. The van der Waals surface area contributed by atoms with Crippen LogP contribution in [0, 0.1) is 0 Å². The number of rotatable bonds is 6. The Kier molecular flexibility index (Phi) is 6.06. The summed E-state index contributed by atoms with van der Waals surface area (Å²) >= 11 is 0. The van der Waals surface area contributed by atoms with Gasteiger partial charge in [0.1, 0.15) is 5.75 Å². The third-order valence-electron chi connectivity index (χ3n) is 5.51. The van der Waals surface area contributed by atoms with Gasteiger partial charge >= 0.3 is 0 Å². The maximum absolute atomic E-state index is 12.8. The molecule has 1 aliphatic rings. The molecule has 0 aliphatic carbocycles. The molecule has 0 bridgehead atoms. The van der Waals surface area contributed by atoms with Crippen LogP contribution in [0.3, 0.4) is 0 Å². The number of para-hydroxylation sites is 1. The number of carbonyl (C=O) groups is 1. The van der Waals surface area contributed by atoms with Crippen molar-refractivity contribution in [3.8, 4) is 5.75 Å². The Morgan fingerprint density at radius 2 is 1.93 bits per heavy atom. The van der Waals surface area contributed by atoms with Crippen LogP contribution >= 0.6 is 0 Å². The normalized spacial score (nSPS) is 19.7. The number of nitrogens with zero attached hydrogens (tertiary/aromatic N) is 1. The number of nitrogens with one attached hydrogen (secondary N) is 2. The molecule has 1 aromatic heterocycles. The number of carbonyl (C=O) groups excluding carboxylic acids is 1. The molecule has 4 rings (SSSR count). The van der Waals surface area contributed by atoms with E-state index in [1.165, 1.54) is 0 Å². The monoisotopic (exact) mass is 407 g/mol. The summed E-state index contributed by atoms with van der Waals surface area (Å²) in [6.07, 6.45) is 2.63. The molecule has 0 spiro atoms. The largest absolute Gasteiger partial charge is 0.497 e. The number of ether oxygens (including phenoxy) is 2. The van der Waals surface area contributed by atoms with Gasteiger partial charge in [0.25, 0.3) is 0 Å². The van der Waals surface area contributed by atoms with Crippen molar-refractivity contribution in [1.82, 2.24) is 9.88 Å². The van der Waals surface area contributed by atoms with Crippen LogP contribution in [0.5, 0.6) is 5.75 Å². The summed E-state index contributed by atoms with van der Waals surface area (Å²) < 4.78 is 11.2. The lowest BCUT2D eigenvalue weighted by Crippen LogP contribution is -2.44. The molecule has 2 heterocycles. The molecule has 6 nitrogen and oxygen atoms in total. The zero-order valence-electron chi connectivity index (χ0n) is 17.8. The van der Waals surface area contributed by atoms with E-state index in [1.807, 2.05) is 42.6 Å². The molecule has 30 heavy (non-hydrogen) atoms. The first-order valence-corrected chi connectivity index (χ1v) is 10.4. The molecule has 3 aromatic rings. The van der Waals surface area contributed by atoms with E-state index in [0.29, 0.717) is 6.42 Å². The van der Waals surface area contributed by atoms with Crippen molar-refractivity contribution in [2.24, 2.45) is 0 Å². The van der Waals surface area contributed by atoms with Gasteiger partial charge in [0.2, 0.25) is 5.91 Å². The standard InChI is InChI=1S/C24H29N3O3/c1-16-13-27(14-17(2)30-16)15-18-6-4-5-7-22(18)26-24(28)10-19-12-25-23-9-8-20(29-3)11-21(19)23/h4-9,11-12,16-17,25H,10,13-15H2,1-3H3,(H,26,28). The average molecular weight is 408 g/mol. The molecule has 2 aromatic carbocycles. The highest BCUT2D eigenvalue weighted by Crippen LogP contribution is 2.25. The summed E-state index contributed by atoms with van der Waals surface area (Å²) in [5, 5.41) is 4.12. The van der Waals surface area contributed by atoms with Crippen LogP contribution in [0.25, 0.3) is 10.9 Å². The van der Waals surface area contributed by atoms with Crippen molar-refractivity contribution >= 4 is 22.5 Å². The number of fused-ring (bicyclic) bond motifs is 1. The topological polar surface area (TPSA) is 66.6 Å². The average Bonchev–Trinajstić information content (AvgIpc) is 3.10. The third kappa shape index (κ3) is 4.66. The van der Waals surface area contributed by atoms with Crippen LogP contribution < -0.4 is 10.1 Å². The van der Waals surface area contributed by atoms with Gasteiger partial charge in [-0.2, -0.15) is 0 Å². The van der Waals surface area contributed by atoms with Crippen LogP contribution in [0.15, 0.2) is 48.7 Å². The number of hydrogen-bond acceptors (Lipinski definition) is 4. The minimum absolute atomic E-state index is 0.0325. The van der Waals surface area contributed by atoms with Gasteiger partial charge in [0, 0.05) is 42.4 Å². The molecule has 1 saturated heterocycles. The third-order valence-corrected chi connectivity index (χ3v) is 5.51. The first kappa shape index (κ1) is 20.4. The molecular weight excluding hydrogens is 378 g/mol. The Morgan fingerprint density at radius 3 is 2.70 bits per heavy atom. The fourth-order valence-corrected chi connectivity index (χ4v) is 4.23. The first-order valence-electron chi connectivity index (χ1n) is 10.4. The van der Waals surface area contributed by atoms with Gasteiger partial charge in [-0.05, 0) is 49.2 Å². The van der Waals surface area contributed by atoms with Gasteiger partial charge in [0.05, 0.1) is 25.7 Å². The van der Waals surface area contributed by atoms with E-state index in [2.05, 4.69) is 35.1 Å². The van der Waals surface area contributed by atoms with Gasteiger partial charge < -0.3 is 19.8 Å². The van der Waals surface area contributed by atoms with Crippen LogP contribution in [0.4, 0.5) is 5.69 Å². The molecule has 0 radical (unpaired) electrons. The van der Waals surface area contributed by atoms with Crippen molar-refractivity contribution in [2.45, 2.75) is 39.0 Å². The quantitative estimate of drug-likeness (QED) is 0.649. The highest BCUT2D eigenvalue weighted by molar-refractivity contribution is 5.96. The number of hydrogen-bond donors (Lipinski definition) is 2. The van der Waals surface area contributed by atoms with E-state index in [9.17, 15) is 4.79 Å². The van der Waals surface area contributed by atoms with E-state index in [-0.39, 0.29) is 18.1 Å². The summed E-state index contributed by atoms with van der Waals surface area (Å²) in [6, 6.07) is 13.9. The Hall–Kier alpha value is -2.83. The molecule has 1 aliphatic heterocycles. The molecule has 1 amide bonds. The summed E-state index contributed by atoms with van der Waals surface area (Å²) in [5.41, 5.74) is 3.93. The van der Waals surface area contributed by atoms with Crippen molar-refractivity contribution in [3.63, 3.8) is 0 Å².